The standard InChI is InChI=1S/C12H15ClN2O2/c13-10-3-1-4-11(15(16)17)9(10)7-12(8-14)5-2-6-12/h1,3-4H,2,5-8,14H2. The Morgan fingerprint density at radius 3 is 2.65 bits per heavy atom. The molecule has 17 heavy (non-hydrogen) atoms. The molecule has 1 aromatic carbocycles. The topological polar surface area (TPSA) is 69.2 Å². The monoisotopic (exact) mass is 254 g/mol. The molecule has 2 N–H and O–H groups in total. The van der Waals surface area contributed by atoms with Crippen LogP contribution in [0.2, 0.25) is 5.02 Å². The van der Waals surface area contributed by atoms with Crippen molar-refractivity contribution in [1.82, 2.24) is 0 Å². The van der Waals surface area contributed by atoms with Gasteiger partial charge in [0, 0.05) is 11.6 Å². The molecule has 2 rings (SSSR count). The van der Waals surface area contributed by atoms with Gasteiger partial charge in [-0.2, -0.15) is 0 Å². The van der Waals surface area contributed by atoms with Crippen LogP contribution < -0.4 is 5.73 Å². The van der Waals surface area contributed by atoms with E-state index in [-0.39, 0.29) is 16.0 Å². The number of nitrogens with zero attached hydrogens (tertiary/aromatic N) is 1. The summed E-state index contributed by atoms with van der Waals surface area (Å²) in [5.74, 6) is 0. The molecule has 0 atom stereocenters. The lowest BCUT2D eigenvalue weighted by atomic mass is 9.65. The van der Waals surface area contributed by atoms with E-state index in [0.717, 1.165) is 19.3 Å². The van der Waals surface area contributed by atoms with Crippen molar-refractivity contribution in [2.75, 3.05) is 6.54 Å². The lowest BCUT2D eigenvalue weighted by Gasteiger charge is -2.41. The van der Waals surface area contributed by atoms with Crippen LogP contribution in [0.4, 0.5) is 5.69 Å². The molecule has 1 saturated carbocycles. The van der Waals surface area contributed by atoms with Gasteiger partial charge in [-0.05, 0) is 37.3 Å². The zero-order valence-corrected chi connectivity index (χ0v) is 10.2. The molecule has 0 bridgehead atoms. The lowest BCUT2D eigenvalue weighted by molar-refractivity contribution is -0.385. The van der Waals surface area contributed by atoms with Crippen LogP contribution in [-0.2, 0) is 6.42 Å². The molecule has 1 aliphatic carbocycles. The molecule has 0 spiro atoms. The maximum absolute atomic E-state index is 11.0. The summed E-state index contributed by atoms with van der Waals surface area (Å²) in [7, 11) is 0. The summed E-state index contributed by atoms with van der Waals surface area (Å²) in [6.45, 7) is 0.565. The van der Waals surface area contributed by atoms with Crippen LogP contribution in [0.5, 0.6) is 0 Å². The third kappa shape index (κ3) is 2.28. The zero-order chi connectivity index (χ0) is 12.5. The van der Waals surface area contributed by atoms with Crippen molar-refractivity contribution >= 4 is 17.3 Å². The van der Waals surface area contributed by atoms with Crippen LogP contribution in [0.25, 0.3) is 0 Å². The highest BCUT2D eigenvalue weighted by Crippen LogP contribution is 2.45. The zero-order valence-electron chi connectivity index (χ0n) is 9.49. The van der Waals surface area contributed by atoms with Crippen molar-refractivity contribution in [2.45, 2.75) is 25.7 Å². The van der Waals surface area contributed by atoms with E-state index in [4.69, 9.17) is 17.3 Å². The van der Waals surface area contributed by atoms with Crippen LogP contribution in [-0.4, -0.2) is 11.5 Å². The summed E-state index contributed by atoms with van der Waals surface area (Å²) in [5.41, 5.74) is 6.54. The molecule has 4 nitrogen and oxygen atoms in total. The highest BCUT2D eigenvalue weighted by Gasteiger charge is 2.37. The first-order valence-corrected chi connectivity index (χ1v) is 6.08. The molecule has 1 aliphatic rings. The molecular formula is C12H15ClN2O2. The molecular weight excluding hydrogens is 240 g/mol. The number of nitrogens with two attached hydrogens (primary N) is 1. The minimum atomic E-state index is -0.371. The van der Waals surface area contributed by atoms with Crippen molar-refractivity contribution < 1.29 is 4.92 Å². The van der Waals surface area contributed by atoms with Gasteiger partial charge in [-0.3, -0.25) is 10.1 Å². The van der Waals surface area contributed by atoms with Crippen LogP contribution in [0, 0.1) is 15.5 Å². The average Bonchev–Trinajstić information content (AvgIpc) is 2.25. The van der Waals surface area contributed by atoms with Crippen molar-refractivity contribution in [3.05, 3.63) is 38.9 Å². The van der Waals surface area contributed by atoms with E-state index < -0.39 is 0 Å². The molecule has 1 fully saturated rings. The van der Waals surface area contributed by atoms with E-state index in [2.05, 4.69) is 0 Å². The molecule has 0 amide bonds. The molecule has 92 valence electrons. The first kappa shape index (κ1) is 12.3. The summed E-state index contributed by atoms with van der Waals surface area (Å²) < 4.78 is 0. The third-order valence-electron chi connectivity index (χ3n) is 3.69. The van der Waals surface area contributed by atoms with Gasteiger partial charge in [0.25, 0.3) is 5.69 Å². The number of halogens is 1. The Hall–Kier alpha value is -1.13. The van der Waals surface area contributed by atoms with E-state index in [1.165, 1.54) is 6.07 Å². The Kier molecular flexibility index (Phi) is 3.35. The van der Waals surface area contributed by atoms with Gasteiger partial charge in [0.2, 0.25) is 0 Å². The van der Waals surface area contributed by atoms with Gasteiger partial charge in [-0.15, -0.1) is 0 Å². The lowest BCUT2D eigenvalue weighted by Crippen LogP contribution is -2.39. The van der Waals surface area contributed by atoms with Crippen molar-refractivity contribution in [1.29, 1.82) is 0 Å². The largest absolute Gasteiger partial charge is 0.330 e. The molecule has 0 saturated heterocycles. The molecule has 0 aliphatic heterocycles. The second-order valence-electron chi connectivity index (χ2n) is 4.73. The predicted molar refractivity (Wildman–Crippen MR) is 67.1 cm³/mol. The first-order chi connectivity index (χ1) is 8.08. The van der Waals surface area contributed by atoms with Crippen molar-refractivity contribution in [2.24, 2.45) is 11.1 Å². The Morgan fingerprint density at radius 2 is 2.18 bits per heavy atom. The predicted octanol–water partition coefficient (Wildman–Crippen LogP) is 2.92. The van der Waals surface area contributed by atoms with Gasteiger partial charge >= 0.3 is 0 Å². The van der Waals surface area contributed by atoms with E-state index in [9.17, 15) is 10.1 Å². The molecule has 0 heterocycles. The summed E-state index contributed by atoms with van der Waals surface area (Å²) >= 11 is 6.07. The normalized spacial score (nSPS) is 17.5. The second kappa shape index (κ2) is 4.63. The number of nitro benzene ring substituents is 1. The second-order valence-corrected chi connectivity index (χ2v) is 5.14. The molecule has 5 heteroatoms. The minimum Gasteiger partial charge on any atom is -0.330 e. The van der Waals surface area contributed by atoms with Gasteiger partial charge in [0.05, 0.1) is 9.95 Å². The average molecular weight is 255 g/mol. The van der Waals surface area contributed by atoms with Gasteiger partial charge in [-0.25, -0.2) is 0 Å². The van der Waals surface area contributed by atoms with E-state index in [0.29, 0.717) is 23.6 Å². The number of hydrogen-bond acceptors (Lipinski definition) is 3. The quantitative estimate of drug-likeness (QED) is 0.663. The van der Waals surface area contributed by atoms with Crippen LogP contribution in [0.15, 0.2) is 18.2 Å². The summed E-state index contributed by atoms with van der Waals surface area (Å²) in [4.78, 5) is 10.6. The van der Waals surface area contributed by atoms with E-state index in [1.807, 2.05) is 0 Å². The molecule has 1 aromatic rings. The number of rotatable bonds is 4. The van der Waals surface area contributed by atoms with Gasteiger partial charge in [0.1, 0.15) is 0 Å². The smallest absolute Gasteiger partial charge is 0.274 e. The first-order valence-electron chi connectivity index (χ1n) is 5.70. The maximum atomic E-state index is 11.0. The van der Waals surface area contributed by atoms with Crippen LogP contribution in [0.1, 0.15) is 24.8 Å². The summed E-state index contributed by atoms with van der Waals surface area (Å²) in [5, 5.41) is 11.4. The fourth-order valence-corrected chi connectivity index (χ4v) is 2.63. The van der Waals surface area contributed by atoms with Crippen molar-refractivity contribution in [3.8, 4) is 0 Å². The van der Waals surface area contributed by atoms with Gasteiger partial charge < -0.3 is 5.73 Å². The van der Waals surface area contributed by atoms with Crippen molar-refractivity contribution in [3.63, 3.8) is 0 Å². The summed E-state index contributed by atoms with van der Waals surface area (Å²) in [6, 6.07) is 4.82. The molecule has 0 aromatic heterocycles. The SMILES string of the molecule is NCC1(Cc2c(Cl)cccc2[N+](=O)[O-])CCC1. The fourth-order valence-electron chi connectivity index (χ4n) is 2.40. The summed E-state index contributed by atoms with van der Waals surface area (Å²) in [6.07, 6.45) is 3.83. The van der Waals surface area contributed by atoms with Gasteiger partial charge in [0.15, 0.2) is 0 Å². The number of nitro groups is 1. The van der Waals surface area contributed by atoms with E-state index >= 15 is 0 Å². The fraction of sp³-hybridized carbons (Fsp3) is 0.500. The van der Waals surface area contributed by atoms with Crippen LogP contribution in [0.3, 0.4) is 0 Å². The Morgan fingerprint density at radius 1 is 1.47 bits per heavy atom. The molecule has 0 unspecified atom stereocenters. The highest BCUT2D eigenvalue weighted by atomic mass is 35.5. The number of benzene rings is 1. The third-order valence-corrected chi connectivity index (χ3v) is 4.04. The maximum Gasteiger partial charge on any atom is 0.274 e. The molecule has 0 radical (unpaired) electrons. The Bertz CT molecular complexity index is 439. The van der Waals surface area contributed by atoms with E-state index in [1.54, 1.807) is 12.1 Å². The number of hydrogen-bond donors (Lipinski definition) is 1. The van der Waals surface area contributed by atoms with Gasteiger partial charge in [-0.1, -0.05) is 24.1 Å². The minimum absolute atomic E-state index is 0.0236. The highest BCUT2D eigenvalue weighted by molar-refractivity contribution is 6.31. The Labute approximate surface area is 105 Å². The van der Waals surface area contributed by atoms with Crippen LogP contribution >= 0.6 is 11.6 Å². The Balaban J connectivity index is 2.34.